The second-order valence-corrected chi connectivity index (χ2v) is 22.4. The van der Waals surface area contributed by atoms with Gasteiger partial charge >= 0.3 is 0 Å². The highest BCUT2D eigenvalue weighted by Gasteiger charge is 2.21. The second-order valence-electron chi connectivity index (χ2n) is 17.3. The molecule has 9 aromatic carbocycles. The third-order valence-electron chi connectivity index (χ3n) is 12.3. The van der Waals surface area contributed by atoms with Gasteiger partial charge < -0.3 is 18.6 Å². The van der Waals surface area contributed by atoms with Crippen molar-refractivity contribution in [1.82, 2.24) is 0 Å². The number of hydrogen-bond donors (Lipinski definition) is 0. The number of furan rings is 2. The Kier molecular flexibility index (Phi) is 8.73. The Bertz CT molecular complexity index is 3680. The van der Waals surface area contributed by atoms with Crippen LogP contribution in [-0.2, 0) is 0 Å². The van der Waals surface area contributed by atoms with Gasteiger partial charge in [0.2, 0.25) is 0 Å². The van der Waals surface area contributed by atoms with Crippen molar-refractivity contribution in [3.63, 3.8) is 0 Å². The van der Waals surface area contributed by atoms with E-state index in [1.165, 1.54) is 10.8 Å². The molecule has 0 radical (unpaired) electrons. The van der Waals surface area contributed by atoms with Crippen LogP contribution in [0.25, 0.3) is 70.3 Å². The van der Waals surface area contributed by atoms with Gasteiger partial charge in [0.15, 0.2) is 5.69 Å². The van der Waals surface area contributed by atoms with Crippen molar-refractivity contribution in [3.05, 3.63) is 192 Å². The Morgan fingerprint density at radius 1 is 0.476 bits per heavy atom. The highest BCUT2D eigenvalue weighted by atomic mass is 28.3. The number of nitriles is 1. The van der Waals surface area contributed by atoms with E-state index in [9.17, 15) is 5.26 Å². The van der Waals surface area contributed by atoms with Crippen molar-refractivity contribution < 1.29 is 8.83 Å². The lowest BCUT2D eigenvalue weighted by atomic mass is 10.0. The maximum absolute atomic E-state index is 9.51. The molecule has 63 heavy (non-hydrogen) atoms. The summed E-state index contributed by atoms with van der Waals surface area (Å²) in [6.45, 7) is 16.6. The molecule has 0 bridgehead atoms. The van der Waals surface area contributed by atoms with Crippen LogP contribution in [0.2, 0.25) is 19.6 Å². The summed E-state index contributed by atoms with van der Waals surface area (Å²) in [5.74, 6) is 0. The quantitative estimate of drug-likeness (QED) is 0.118. The maximum atomic E-state index is 9.51. The fraction of sp³-hybridized carbons (Fsp3) is 0.0714. The van der Waals surface area contributed by atoms with Crippen molar-refractivity contribution in [3.8, 4) is 6.07 Å². The minimum absolute atomic E-state index is 0.610. The number of hydrogen-bond acceptors (Lipinski definition) is 5. The van der Waals surface area contributed by atoms with Crippen LogP contribution in [-0.4, -0.2) is 8.07 Å². The highest BCUT2D eigenvalue weighted by Crippen LogP contribution is 2.44. The van der Waals surface area contributed by atoms with Gasteiger partial charge in [-0.3, -0.25) is 0 Å². The molecule has 0 aliphatic carbocycles. The van der Waals surface area contributed by atoms with Crippen molar-refractivity contribution in [2.24, 2.45) is 0 Å². The molecular weight excluding hydrogens is 789 g/mol. The SMILES string of the molecule is [C-]#[N+]c1ccc(N(c2ccc(C)cc2)c2ccc3c(ccc4c5cc6oc7c8ccc(N(c9ccc(C#N)cc9)c9ccc([Si](C)(C)C)cc9)cc8ccc7c6cc5oc34)c2)cc1. The smallest absolute Gasteiger partial charge is 0.187 e. The molecule has 2 aromatic heterocycles. The standard InChI is InChI=1S/C56H40N4O2Si/c1-35-6-14-40(15-7-35)59(42-18-12-39(58-2)13-19-42)44-22-28-47-37(30-44)10-26-49-51-32-54-52(33-53(51)61-55(47)49)50-27-11-38-31-45(23-29-48(38)56(50)62-54)60(41-16-8-36(34-57)9-17-41)43-20-24-46(25-21-43)63(3,4)5/h6-33H,1,3-5H3. The summed E-state index contributed by atoms with van der Waals surface area (Å²) in [5.41, 5.74) is 11.8. The molecule has 0 spiro atoms. The van der Waals surface area contributed by atoms with Crippen LogP contribution in [0.4, 0.5) is 39.8 Å². The van der Waals surface area contributed by atoms with Crippen molar-refractivity contribution in [2.45, 2.75) is 26.6 Å². The minimum Gasteiger partial charge on any atom is -0.455 e. The molecule has 2 heterocycles. The molecule has 7 heteroatoms. The summed E-state index contributed by atoms with van der Waals surface area (Å²) in [7, 11) is -1.48. The average Bonchev–Trinajstić information content (AvgIpc) is 3.87. The Hall–Kier alpha value is -8.10. The lowest BCUT2D eigenvalue weighted by molar-refractivity contribution is 0.667. The van der Waals surface area contributed by atoms with Crippen LogP contribution in [0, 0.1) is 24.8 Å². The number of rotatable bonds is 7. The first kappa shape index (κ1) is 37.9. The molecule has 0 aliphatic rings. The highest BCUT2D eigenvalue weighted by molar-refractivity contribution is 6.88. The third-order valence-corrected chi connectivity index (χ3v) is 14.4. The van der Waals surface area contributed by atoms with Gasteiger partial charge in [-0.05, 0) is 139 Å². The molecule has 0 amide bonds. The fourth-order valence-electron chi connectivity index (χ4n) is 8.93. The fourth-order valence-corrected chi connectivity index (χ4v) is 10.1. The zero-order chi connectivity index (χ0) is 43.0. The topological polar surface area (TPSA) is 60.9 Å². The van der Waals surface area contributed by atoms with E-state index in [1.54, 1.807) is 0 Å². The van der Waals surface area contributed by atoms with E-state index in [1.807, 2.05) is 48.5 Å². The number of benzene rings is 9. The van der Waals surface area contributed by atoms with Crippen molar-refractivity contribution in [2.75, 3.05) is 9.80 Å². The molecular formula is C56H40N4O2Si. The molecule has 0 saturated carbocycles. The Morgan fingerprint density at radius 3 is 1.33 bits per heavy atom. The van der Waals surface area contributed by atoms with Crippen molar-refractivity contribution >= 4 is 118 Å². The first-order valence-corrected chi connectivity index (χ1v) is 24.6. The summed E-state index contributed by atoms with van der Waals surface area (Å²) in [5, 5.41) is 19.2. The van der Waals surface area contributed by atoms with Crippen LogP contribution < -0.4 is 15.0 Å². The van der Waals surface area contributed by atoms with E-state index in [2.05, 4.69) is 169 Å². The second kappa shape index (κ2) is 14.5. The van der Waals surface area contributed by atoms with E-state index in [0.717, 1.165) is 99.5 Å². The monoisotopic (exact) mass is 828 g/mol. The molecule has 11 rings (SSSR count). The van der Waals surface area contributed by atoms with Crippen LogP contribution in [0.15, 0.2) is 179 Å². The van der Waals surface area contributed by atoms with E-state index in [-0.39, 0.29) is 0 Å². The van der Waals surface area contributed by atoms with Crippen LogP contribution in [0.3, 0.4) is 0 Å². The Balaban J connectivity index is 0.986. The lowest BCUT2D eigenvalue weighted by Gasteiger charge is -2.27. The summed E-state index contributed by atoms with van der Waals surface area (Å²) >= 11 is 0. The van der Waals surface area contributed by atoms with Gasteiger partial charge in [-0.2, -0.15) is 5.26 Å². The van der Waals surface area contributed by atoms with Gasteiger partial charge in [-0.25, -0.2) is 4.85 Å². The number of fused-ring (bicyclic) bond motifs is 10. The molecule has 300 valence electrons. The predicted octanol–water partition coefficient (Wildman–Crippen LogP) is 16.0. The van der Waals surface area contributed by atoms with Crippen molar-refractivity contribution in [1.29, 1.82) is 5.26 Å². The number of aryl methyl sites for hydroxylation is 1. The van der Waals surface area contributed by atoms with E-state index in [0.29, 0.717) is 11.3 Å². The van der Waals surface area contributed by atoms with Crippen LogP contribution in [0.5, 0.6) is 0 Å². The van der Waals surface area contributed by atoms with Gasteiger partial charge in [0, 0.05) is 66.4 Å². The summed E-state index contributed by atoms with van der Waals surface area (Å²) in [6, 6.07) is 61.1. The van der Waals surface area contributed by atoms with Gasteiger partial charge in [-0.1, -0.05) is 78.9 Å². The molecule has 0 fully saturated rings. The molecule has 0 aliphatic heterocycles. The van der Waals surface area contributed by atoms with Crippen LogP contribution in [0.1, 0.15) is 11.1 Å². The summed E-state index contributed by atoms with van der Waals surface area (Å²) in [6.07, 6.45) is 0. The van der Waals surface area contributed by atoms with Crippen LogP contribution >= 0.6 is 0 Å². The van der Waals surface area contributed by atoms with E-state index >= 15 is 0 Å². The predicted molar refractivity (Wildman–Crippen MR) is 264 cm³/mol. The molecule has 11 aromatic rings. The van der Waals surface area contributed by atoms with Gasteiger partial charge in [0.1, 0.15) is 22.3 Å². The molecule has 0 N–H and O–H groups in total. The average molecular weight is 829 g/mol. The largest absolute Gasteiger partial charge is 0.455 e. The molecule has 0 saturated heterocycles. The van der Waals surface area contributed by atoms with Gasteiger partial charge in [-0.15, -0.1) is 0 Å². The Morgan fingerprint density at radius 2 is 0.889 bits per heavy atom. The minimum atomic E-state index is -1.48. The molecule has 0 unspecified atom stereocenters. The first-order chi connectivity index (χ1) is 30.6. The lowest BCUT2D eigenvalue weighted by Crippen LogP contribution is -2.37. The third kappa shape index (κ3) is 6.46. The zero-order valence-electron chi connectivity index (χ0n) is 35.3. The molecule has 0 atom stereocenters. The zero-order valence-corrected chi connectivity index (χ0v) is 36.3. The van der Waals surface area contributed by atoms with Gasteiger partial charge in [0.25, 0.3) is 0 Å². The Labute approximate surface area is 365 Å². The maximum Gasteiger partial charge on any atom is 0.187 e. The molecule has 6 nitrogen and oxygen atoms in total. The van der Waals surface area contributed by atoms with Gasteiger partial charge in [0.05, 0.1) is 26.3 Å². The summed E-state index contributed by atoms with van der Waals surface area (Å²) < 4.78 is 13.5. The number of anilines is 6. The number of nitrogens with zero attached hydrogens (tertiary/aromatic N) is 4. The normalized spacial score (nSPS) is 11.8. The van der Waals surface area contributed by atoms with E-state index in [4.69, 9.17) is 15.4 Å². The first-order valence-electron chi connectivity index (χ1n) is 21.1. The van der Waals surface area contributed by atoms with E-state index < -0.39 is 8.07 Å². The summed E-state index contributed by atoms with van der Waals surface area (Å²) in [4.78, 5) is 8.07.